The number of hydrogen-bond acceptors (Lipinski definition) is 3. The first-order valence-corrected chi connectivity index (χ1v) is 4.85. The fourth-order valence-electron chi connectivity index (χ4n) is 1.05. The molecule has 0 aliphatic rings. The summed E-state index contributed by atoms with van der Waals surface area (Å²) in [5, 5.41) is 0. The Morgan fingerprint density at radius 2 is 1.71 bits per heavy atom. The van der Waals surface area contributed by atoms with E-state index in [1.54, 1.807) is 0 Å². The molecular formula is C11H11F3O3. The van der Waals surface area contributed by atoms with Crippen molar-refractivity contribution in [2.45, 2.75) is 19.7 Å². The lowest BCUT2D eigenvalue weighted by molar-refractivity contribution is -0.274. The zero-order valence-corrected chi connectivity index (χ0v) is 9.08. The van der Waals surface area contributed by atoms with E-state index in [9.17, 15) is 18.0 Å². The predicted octanol–water partition coefficient (Wildman–Crippen LogP) is 2.94. The molecule has 0 spiro atoms. The predicted molar refractivity (Wildman–Crippen MR) is 53.9 cm³/mol. The molecule has 0 atom stereocenters. The van der Waals surface area contributed by atoms with E-state index in [0.717, 1.165) is 12.1 Å². The molecule has 6 heteroatoms. The average molecular weight is 248 g/mol. The molecule has 0 radical (unpaired) electrons. The second-order valence-electron chi connectivity index (χ2n) is 3.32. The van der Waals surface area contributed by atoms with Crippen molar-refractivity contribution >= 4 is 5.78 Å². The molecule has 1 aromatic rings. The number of hydrogen-bond donors (Lipinski definition) is 0. The van der Waals surface area contributed by atoms with Gasteiger partial charge in [0.2, 0.25) is 0 Å². The van der Waals surface area contributed by atoms with Gasteiger partial charge in [-0.05, 0) is 31.2 Å². The van der Waals surface area contributed by atoms with Gasteiger partial charge in [0.1, 0.15) is 17.3 Å². The summed E-state index contributed by atoms with van der Waals surface area (Å²) in [5.74, 6) is 0.0687. The number of halogens is 3. The second kappa shape index (κ2) is 5.56. The zero-order chi connectivity index (χ0) is 12.9. The minimum atomic E-state index is -4.70. The van der Waals surface area contributed by atoms with Gasteiger partial charge in [0.15, 0.2) is 0 Å². The third kappa shape index (κ3) is 5.79. The van der Waals surface area contributed by atoms with Crippen LogP contribution in [0.2, 0.25) is 0 Å². The van der Waals surface area contributed by atoms with Gasteiger partial charge in [0, 0.05) is 6.42 Å². The highest BCUT2D eigenvalue weighted by molar-refractivity contribution is 5.75. The Morgan fingerprint density at radius 3 is 2.18 bits per heavy atom. The summed E-state index contributed by atoms with van der Waals surface area (Å²) in [6.45, 7) is 1.64. The maximum Gasteiger partial charge on any atom is 0.573 e. The van der Waals surface area contributed by atoms with Gasteiger partial charge in [-0.2, -0.15) is 0 Å². The standard InChI is InChI=1S/C11H11F3O3/c1-8(15)6-7-16-9-2-4-10(5-3-9)17-11(12,13)14/h2-5H,6-7H2,1H3. The van der Waals surface area contributed by atoms with Crippen molar-refractivity contribution in [1.82, 2.24) is 0 Å². The van der Waals surface area contributed by atoms with Crippen LogP contribution < -0.4 is 9.47 Å². The Bertz CT molecular complexity index is 371. The van der Waals surface area contributed by atoms with Crippen LogP contribution in [0.4, 0.5) is 13.2 Å². The van der Waals surface area contributed by atoms with E-state index < -0.39 is 6.36 Å². The Morgan fingerprint density at radius 1 is 1.18 bits per heavy atom. The third-order valence-electron chi connectivity index (χ3n) is 1.78. The van der Waals surface area contributed by atoms with E-state index >= 15 is 0 Å². The summed E-state index contributed by atoms with van der Waals surface area (Å²) in [5.41, 5.74) is 0. The van der Waals surface area contributed by atoms with Gasteiger partial charge in [-0.25, -0.2) is 0 Å². The maximum atomic E-state index is 11.8. The number of rotatable bonds is 5. The van der Waals surface area contributed by atoms with Crippen molar-refractivity contribution in [3.8, 4) is 11.5 Å². The lowest BCUT2D eigenvalue weighted by atomic mass is 10.3. The Labute approximate surface area is 96.1 Å². The molecule has 0 aromatic heterocycles. The van der Waals surface area contributed by atoms with Gasteiger partial charge in [0.25, 0.3) is 0 Å². The molecule has 0 fully saturated rings. The topological polar surface area (TPSA) is 35.5 Å². The number of carbonyl (C=O) groups excluding carboxylic acids is 1. The van der Waals surface area contributed by atoms with Crippen molar-refractivity contribution < 1.29 is 27.4 Å². The van der Waals surface area contributed by atoms with Gasteiger partial charge in [-0.15, -0.1) is 13.2 Å². The Kier molecular flexibility index (Phi) is 4.37. The molecule has 94 valence electrons. The number of carbonyl (C=O) groups is 1. The van der Waals surface area contributed by atoms with Crippen LogP contribution in [0.25, 0.3) is 0 Å². The molecule has 1 rings (SSSR count). The highest BCUT2D eigenvalue weighted by atomic mass is 19.4. The minimum absolute atomic E-state index is 0.0120. The van der Waals surface area contributed by atoms with Crippen molar-refractivity contribution in [1.29, 1.82) is 0 Å². The monoisotopic (exact) mass is 248 g/mol. The third-order valence-corrected chi connectivity index (χ3v) is 1.78. The zero-order valence-electron chi connectivity index (χ0n) is 9.08. The van der Waals surface area contributed by atoms with E-state index in [2.05, 4.69) is 4.74 Å². The summed E-state index contributed by atoms with van der Waals surface area (Å²) >= 11 is 0. The lowest BCUT2D eigenvalue weighted by Gasteiger charge is -2.09. The second-order valence-corrected chi connectivity index (χ2v) is 3.32. The highest BCUT2D eigenvalue weighted by Gasteiger charge is 2.30. The highest BCUT2D eigenvalue weighted by Crippen LogP contribution is 2.24. The quantitative estimate of drug-likeness (QED) is 0.803. The van der Waals surface area contributed by atoms with E-state index in [4.69, 9.17) is 4.74 Å². The molecule has 0 aliphatic heterocycles. The molecule has 0 saturated carbocycles. The number of ketones is 1. The molecule has 0 unspecified atom stereocenters. The van der Waals surface area contributed by atoms with Crippen molar-refractivity contribution in [2.24, 2.45) is 0 Å². The van der Waals surface area contributed by atoms with Gasteiger partial charge in [0.05, 0.1) is 6.61 Å². The SMILES string of the molecule is CC(=O)CCOc1ccc(OC(F)(F)F)cc1. The van der Waals surface area contributed by atoms with Crippen LogP contribution in [0.1, 0.15) is 13.3 Å². The molecule has 0 amide bonds. The van der Waals surface area contributed by atoms with Crippen LogP contribution in [-0.4, -0.2) is 18.8 Å². The molecular weight excluding hydrogens is 237 g/mol. The van der Waals surface area contributed by atoms with Gasteiger partial charge < -0.3 is 9.47 Å². The van der Waals surface area contributed by atoms with Crippen molar-refractivity contribution in [3.63, 3.8) is 0 Å². The number of alkyl halides is 3. The van der Waals surface area contributed by atoms with Crippen LogP contribution in [0.5, 0.6) is 11.5 Å². The molecule has 0 N–H and O–H groups in total. The van der Waals surface area contributed by atoms with Crippen molar-refractivity contribution in [3.05, 3.63) is 24.3 Å². The molecule has 3 nitrogen and oxygen atoms in total. The smallest absolute Gasteiger partial charge is 0.493 e. The van der Waals surface area contributed by atoms with Gasteiger partial charge in [-0.3, -0.25) is 4.79 Å². The first-order chi connectivity index (χ1) is 7.87. The summed E-state index contributed by atoms with van der Waals surface area (Å²) in [6, 6.07) is 5.00. The largest absolute Gasteiger partial charge is 0.573 e. The summed E-state index contributed by atoms with van der Waals surface area (Å²) in [7, 11) is 0. The molecule has 0 heterocycles. The van der Waals surface area contributed by atoms with E-state index in [-0.39, 0.29) is 24.6 Å². The summed E-state index contributed by atoms with van der Waals surface area (Å²) in [6.07, 6.45) is -4.43. The molecule has 17 heavy (non-hydrogen) atoms. The molecule has 0 aliphatic carbocycles. The maximum absolute atomic E-state index is 11.8. The first-order valence-electron chi connectivity index (χ1n) is 4.85. The van der Waals surface area contributed by atoms with Crippen LogP contribution in [0.3, 0.4) is 0 Å². The van der Waals surface area contributed by atoms with Gasteiger partial charge >= 0.3 is 6.36 Å². The minimum Gasteiger partial charge on any atom is -0.493 e. The summed E-state index contributed by atoms with van der Waals surface area (Å²) < 4.78 is 44.4. The van der Waals surface area contributed by atoms with E-state index in [1.165, 1.54) is 19.1 Å². The normalized spacial score (nSPS) is 11.1. The Balaban J connectivity index is 2.47. The average Bonchev–Trinajstić information content (AvgIpc) is 2.18. The summed E-state index contributed by atoms with van der Waals surface area (Å²) in [4.78, 5) is 10.6. The lowest BCUT2D eigenvalue weighted by Crippen LogP contribution is -2.16. The molecule has 1 aromatic carbocycles. The molecule has 0 saturated heterocycles. The number of benzene rings is 1. The van der Waals surface area contributed by atoms with Gasteiger partial charge in [-0.1, -0.05) is 0 Å². The van der Waals surface area contributed by atoms with E-state index in [0.29, 0.717) is 5.75 Å². The molecule has 0 bridgehead atoms. The number of ether oxygens (including phenoxy) is 2. The number of Topliss-reactive ketones (excluding diaryl/α,β-unsaturated/α-hetero) is 1. The fraction of sp³-hybridized carbons (Fsp3) is 0.364. The fourth-order valence-corrected chi connectivity index (χ4v) is 1.05. The van der Waals surface area contributed by atoms with Crippen LogP contribution in [-0.2, 0) is 4.79 Å². The Hall–Kier alpha value is -1.72. The van der Waals surface area contributed by atoms with E-state index in [1.807, 2.05) is 0 Å². The van der Waals surface area contributed by atoms with Crippen molar-refractivity contribution in [2.75, 3.05) is 6.61 Å². The van der Waals surface area contributed by atoms with Crippen LogP contribution >= 0.6 is 0 Å². The van der Waals surface area contributed by atoms with Crippen LogP contribution in [0.15, 0.2) is 24.3 Å². The first kappa shape index (κ1) is 13.3. The van der Waals surface area contributed by atoms with Crippen LogP contribution in [0, 0.1) is 0 Å².